The van der Waals surface area contributed by atoms with Crippen molar-refractivity contribution >= 4 is 35.6 Å². The predicted molar refractivity (Wildman–Crippen MR) is 115 cm³/mol. The van der Waals surface area contributed by atoms with Gasteiger partial charge in [-0.2, -0.15) is 0 Å². The molecular weight excluding hydrogens is 383 g/mol. The van der Waals surface area contributed by atoms with Crippen LogP contribution in [0, 0.1) is 5.92 Å². The van der Waals surface area contributed by atoms with Crippen LogP contribution in [-0.2, 0) is 4.79 Å². The van der Waals surface area contributed by atoms with Gasteiger partial charge in [0.15, 0.2) is 0 Å². The second kappa shape index (κ2) is 11.1. The molecule has 27 heavy (non-hydrogen) atoms. The van der Waals surface area contributed by atoms with Crippen molar-refractivity contribution in [3.05, 3.63) is 29.3 Å². The Morgan fingerprint density at radius 2 is 2.00 bits per heavy atom. The minimum absolute atomic E-state index is 0. The molecule has 152 valence electrons. The van der Waals surface area contributed by atoms with Crippen LogP contribution in [0.5, 0.6) is 0 Å². The summed E-state index contributed by atoms with van der Waals surface area (Å²) in [7, 11) is 0. The Bertz CT molecular complexity index is 593. The molecule has 0 bridgehead atoms. The first-order valence-electron chi connectivity index (χ1n) is 9.86. The third-order valence-electron chi connectivity index (χ3n) is 5.51. The lowest BCUT2D eigenvalue weighted by molar-refractivity contribution is -0.126. The number of carbonyl (C=O) groups excluding carboxylic acids is 1. The van der Waals surface area contributed by atoms with E-state index in [1.54, 1.807) is 0 Å². The average molecular weight is 415 g/mol. The van der Waals surface area contributed by atoms with Crippen molar-refractivity contribution < 1.29 is 4.79 Å². The number of para-hydroxylation sites is 1. The van der Waals surface area contributed by atoms with Crippen molar-refractivity contribution in [3.8, 4) is 0 Å². The molecule has 0 aromatic heterocycles. The van der Waals surface area contributed by atoms with E-state index in [0.29, 0.717) is 6.04 Å². The summed E-state index contributed by atoms with van der Waals surface area (Å²) in [5.74, 6) is 0.423. The van der Waals surface area contributed by atoms with Crippen LogP contribution in [0.15, 0.2) is 24.3 Å². The molecular formula is C20H32Cl2N4O. The highest BCUT2D eigenvalue weighted by molar-refractivity contribution is 6.33. The lowest BCUT2D eigenvalue weighted by Crippen LogP contribution is -2.47. The molecule has 1 aromatic rings. The Balaban J connectivity index is 0.00000261. The third kappa shape index (κ3) is 6.53. The number of halogens is 2. The molecule has 0 spiro atoms. The maximum Gasteiger partial charge on any atom is 0.223 e. The van der Waals surface area contributed by atoms with Gasteiger partial charge in [0.25, 0.3) is 0 Å². The minimum atomic E-state index is 0. The molecule has 0 aliphatic carbocycles. The SMILES string of the molecule is C[C@H]1C[C@@H](C(=O)NCCCN2CCN(c3ccccc3Cl)CC2)CCN1.Cl. The molecule has 1 aromatic carbocycles. The summed E-state index contributed by atoms with van der Waals surface area (Å²) < 4.78 is 0. The van der Waals surface area contributed by atoms with E-state index in [1.165, 1.54) is 0 Å². The first-order valence-corrected chi connectivity index (χ1v) is 10.2. The predicted octanol–water partition coefficient (Wildman–Crippen LogP) is 2.78. The fourth-order valence-corrected chi connectivity index (χ4v) is 4.20. The highest BCUT2D eigenvalue weighted by Crippen LogP contribution is 2.26. The summed E-state index contributed by atoms with van der Waals surface area (Å²) in [6.07, 6.45) is 2.92. The number of nitrogens with zero attached hydrogens (tertiary/aromatic N) is 2. The standard InChI is InChI=1S/C20H31ClN4O.ClH/c1-16-15-17(7-9-22-16)20(26)23-8-4-10-24-11-13-25(14-12-24)19-6-3-2-5-18(19)21;/h2-3,5-6,16-17,22H,4,7-15H2,1H3,(H,23,26);1H/t16-,17-;/m0./s1. The van der Waals surface area contributed by atoms with E-state index in [1.807, 2.05) is 18.2 Å². The van der Waals surface area contributed by atoms with Crippen molar-refractivity contribution in [2.24, 2.45) is 5.92 Å². The molecule has 0 radical (unpaired) electrons. The summed E-state index contributed by atoms with van der Waals surface area (Å²) in [5.41, 5.74) is 1.14. The van der Waals surface area contributed by atoms with Gasteiger partial charge >= 0.3 is 0 Å². The molecule has 0 unspecified atom stereocenters. The average Bonchev–Trinajstić information content (AvgIpc) is 2.66. The van der Waals surface area contributed by atoms with E-state index in [0.717, 1.165) is 75.8 Å². The van der Waals surface area contributed by atoms with Crippen LogP contribution in [0.2, 0.25) is 5.02 Å². The number of benzene rings is 1. The molecule has 2 heterocycles. The number of rotatable bonds is 6. The van der Waals surface area contributed by atoms with Gasteiger partial charge in [-0.15, -0.1) is 12.4 Å². The second-order valence-electron chi connectivity index (χ2n) is 7.50. The summed E-state index contributed by atoms with van der Waals surface area (Å²) in [5, 5.41) is 7.36. The maximum absolute atomic E-state index is 12.3. The molecule has 7 heteroatoms. The van der Waals surface area contributed by atoms with Gasteiger partial charge in [0, 0.05) is 44.7 Å². The van der Waals surface area contributed by atoms with Crippen molar-refractivity contribution in [2.75, 3.05) is 50.7 Å². The van der Waals surface area contributed by atoms with Crippen LogP contribution >= 0.6 is 24.0 Å². The van der Waals surface area contributed by atoms with Gasteiger partial charge in [0.05, 0.1) is 10.7 Å². The topological polar surface area (TPSA) is 47.6 Å². The zero-order chi connectivity index (χ0) is 18.4. The van der Waals surface area contributed by atoms with Crippen LogP contribution in [0.3, 0.4) is 0 Å². The molecule has 1 amide bonds. The Kier molecular flexibility index (Phi) is 9.16. The van der Waals surface area contributed by atoms with Crippen molar-refractivity contribution in [2.45, 2.75) is 32.2 Å². The van der Waals surface area contributed by atoms with Crippen molar-refractivity contribution in [1.29, 1.82) is 0 Å². The number of piperidine rings is 1. The Morgan fingerprint density at radius 1 is 1.26 bits per heavy atom. The smallest absolute Gasteiger partial charge is 0.223 e. The molecule has 5 nitrogen and oxygen atoms in total. The van der Waals surface area contributed by atoms with Gasteiger partial charge in [-0.3, -0.25) is 9.69 Å². The molecule has 0 saturated carbocycles. The van der Waals surface area contributed by atoms with Gasteiger partial charge in [0.1, 0.15) is 0 Å². The van der Waals surface area contributed by atoms with Crippen molar-refractivity contribution in [1.82, 2.24) is 15.5 Å². The molecule has 2 aliphatic rings. The lowest BCUT2D eigenvalue weighted by Gasteiger charge is -2.36. The fraction of sp³-hybridized carbons (Fsp3) is 0.650. The molecule has 2 atom stereocenters. The number of amides is 1. The first kappa shape index (κ1) is 22.3. The van der Waals surface area contributed by atoms with Gasteiger partial charge in [-0.25, -0.2) is 0 Å². The number of carbonyl (C=O) groups is 1. The minimum Gasteiger partial charge on any atom is -0.368 e. The zero-order valence-corrected chi connectivity index (χ0v) is 17.7. The largest absolute Gasteiger partial charge is 0.368 e. The van der Waals surface area contributed by atoms with Crippen LogP contribution in [-0.4, -0.2) is 62.7 Å². The van der Waals surface area contributed by atoms with E-state index in [2.05, 4.69) is 33.4 Å². The van der Waals surface area contributed by atoms with Gasteiger partial charge in [-0.05, 0) is 51.4 Å². The number of anilines is 1. The maximum atomic E-state index is 12.3. The highest BCUT2D eigenvalue weighted by atomic mass is 35.5. The summed E-state index contributed by atoms with van der Waals surface area (Å²) in [6.45, 7) is 9.03. The van der Waals surface area contributed by atoms with Crippen LogP contribution < -0.4 is 15.5 Å². The van der Waals surface area contributed by atoms with E-state index in [4.69, 9.17) is 11.6 Å². The fourth-order valence-electron chi connectivity index (χ4n) is 3.95. The third-order valence-corrected chi connectivity index (χ3v) is 5.83. The molecule has 2 aliphatic heterocycles. The van der Waals surface area contributed by atoms with Gasteiger partial charge in [0.2, 0.25) is 5.91 Å². The zero-order valence-electron chi connectivity index (χ0n) is 16.1. The van der Waals surface area contributed by atoms with Crippen molar-refractivity contribution in [3.63, 3.8) is 0 Å². The van der Waals surface area contributed by atoms with Gasteiger partial charge < -0.3 is 15.5 Å². The lowest BCUT2D eigenvalue weighted by atomic mass is 9.92. The molecule has 3 rings (SSSR count). The van der Waals surface area contributed by atoms with E-state index >= 15 is 0 Å². The monoisotopic (exact) mass is 414 g/mol. The normalized spacial score (nSPS) is 23.6. The summed E-state index contributed by atoms with van der Waals surface area (Å²) in [4.78, 5) is 17.1. The Morgan fingerprint density at radius 3 is 2.70 bits per heavy atom. The van der Waals surface area contributed by atoms with Crippen LogP contribution in [0.1, 0.15) is 26.2 Å². The van der Waals surface area contributed by atoms with Crippen LogP contribution in [0.25, 0.3) is 0 Å². The van der Waals surface area contributed by atoms with E-state index in [-0.39, 0.29) is 24.2 Å². The number of hydrogen-bond acceptors (Lipinski definition) is 4. The number of nitrogens with one attached hydrogen (secondary N) is 2. The number of hydrogen-bond donors (Lipinski definition) is 2. The summed E-state index contributed by atoms with van der Waals surface area (Å²) in [6, 6.07) is 8.51. The van der Waals surface area contributed by atoms with Gasteiger partial charge in [-0.1, -0.05) is 23.7 Å². The quantitative estimate of drug-likeness (QED) is 0.702. The first-order chi connectivity index (χ1) is 12.6. The number of piperazine rings is 1. The Labute approximate surface area is 174 Å². The second-order valence-corrected chi connectivity index (χ2v) is 7.91. The summed E-state index contributed by atoms with van der Waals surface area (Å²) >= 11 is 6.30. The Hall–Kier alpha value is -1.01. The van der Waals surface area contributed by atoms with E-state index in [9.17, 15) is 4.79 Å². The highest BCUT2D eigenvalue weighted by Gasteiger charge is 2.24. The molecule has 2 fully saturated rings. The van der Waals surface area contributed by atoms with Crippen LogP contribution in [0.4, 0.5) is 5.69 Å². The molecule has 2 saturated heterocycles. The van der Waals surface area contributed by atoms with E-state index < -0.39 is 0 Å². The molecule has 2 N–H and O–H groups in total.